The molecule has 0 saturated carbocycles. The van der Waals surface area contributed by atoms with Crippen molar-refractivity contribution in [3.63, 3.8) is 0 Å². The second-order valence-electron chi connectivity index (χ2n) is 6.02. The maximum atomic E-state index is 13.3. The van der Waals surface area contributed by atoms with Crippen molar-refractivity contribution in [2.75, 3.05) is 44.2 Å². The van der Waals surface area contributed by atoms with Crippen LogP contribution >= 0.6 is 11.6 Å². The first-order valence-electron chi connectivity index (χ1n) is 8.32. The third-order valence-corrected chi connectivity index (χ3v) is 4.59. The summed E-state index contributed by atoms with van der Waals surface area (Å²) in [6, 6.07) is 10.9. The van der Waals surface area contributed by atoms with Crippen LogP contribution in [0.25, 0.3) is 0 Å². The number of piperazine rings is 1. The van der Waals surface area contributed by atoms with Crippen LogP contribution in [0.3, 0.4) is 0 Å². The van der Waals surface area contributed by atoms with Gasteiger partial charge < -0.3 is 9.64 Å². The number of anilines is 1. The average molecular weight is 380 g/mol. The van der Waals surface area contributed by atoms with Crippen LogP contribution in [0.2, 0.25) is 5.02 Å². The Hall–Kier alpha value is -2.38. The lowest BCUT2D eigenvalue weighted by Crippen LogP contribution is -2.47. The van der Waals surface area contributed by atoms with Gasteiger partial charge in [-0.1, -0.05) is 11.6 Å². The smallest absolute Gasteiger partial charge is 0.295 e. The molecule has 1 heterocycles. The first kappa shape index (κ1) is 18.4. The first-order chi connectivity index (χ1) is 12.5. The van der Waals surface area contributed by atoms with Crippen LogP contribution in [0.1, 0.15) is 0 Å². The summed E-state index contributed by atoms with van der Waals surface area (Å²) in [4.78, 5) is 14.8. The molecule has 8 heteroatoms. The third kappa shape index (κ3) is 4.62. The molecule has 0 aliphatic carbocycles. The molecule has 1 aliphatic heterocycles. The number of ether oxygens (including phenoxy) is 1. The largest absolute Gasteiger partial charge is 0.492 e. The van der Waals surface area contributed by atoms with E-state index in [0.29, 0.717) is 30.4 Å². The van der Waals surface area contributed by atoms with Crippen molar-refractivity contribution in [2.24, 2.45) is 0 Å². The monoisotopic (exact) mass is 379 g/mol. The average Bonchev–Trinajstić information content (AvgIpc) is 2.64. The van der Waals surface area contributed by atoms with E-state index >= 15 is 0 Å². The summed E-state index contributed by atoms with van der Waals surface area (Å²) in [6.45, 7) is 4.14. The molecule has 138 valence electrons. The second-order valence-corrected chi connectivity index (χ2v) is 6.46. The minimum atomic E-state index is -0.599. The summed E-state index contributed by atoms with van der Waals surface area (Å²) in [7, 11) is 0. The van der Waals surface area contributed by atoms with Gasteiger partial charge in [0.25, 0.3) is 5.69 Å². The number of halogens is 2. The Morgan fingerprint density at radius 3 is 2.46 bits per heavy atom. The predicted octanol–water partition coefficient (Wildman–Crippen LogP) is 3.59. The van der Waals surface area contributed by atoms with E-state index in [4.69, 9.17) is 16.3 Å². The molecule has 0 amide bonds. The van der Waals surface area contributed by atoms with Crippen LogP contribution < -0.4 is 9.64 Å². The zero-order chi connectivity index (χ0) is 18.5. The molecule has 0 spiro atoms. The Bertz CT molecular complexity index is 765. The molecule has 0 aromatic heterocycles. The van der Waals surface area contributed by atoms with E-state index < -0.39 is 10.7 Å². The van der Waals surface area contributed by atoms with E-state index in [2.05, 4.69) is 4.90 Å². The van der Waals surface area contributed by atoms with Crippen molar-refractivity contribution >= 4 is 23.0 Å². The van der Waals surface area contributed by atoms with Gasteiger partial charge in [-0.05, 0) is 36.4 Å². The van der Waals surface area contributed by atoms with Crippen LogP contribution in [-0.2, 0) is 0 Å². The third-order valence-electron chi connectivity index (χ3n) is 4.34. The molecule has 1 saturated heterocycles. The molecule has 0 atom stereocenters. The van der Waals surface area contributed by atoms with Gasteiger partial charge >= 0.3 is 0 Å². The zero-order valence-electron chi connectivity index (χ0n) is 14.1. The van der Waals surface area contributed by atoms with Gasteiger partial charge in [-0.2, -0.15) is 0 Å². The van der Waals surface area contributed by atoms with Gasteiger partial charge in [-0.25, -0.2) is 4.39 Å². The molecule has 2 aromatic rings. The number of hydrogen-bond acceptors (Lipinski definition) is 5. The summed E-state index contributed by atoms with van der Waals surface area (Å²) in [5.74, 6) is 0.174. The van der Waals surface area contributed by atoms with E-state index in [1.54, 1.807) is 12.1 Å². The molecule has 26 heavy (non-hydrogen) atoms. The zero-order valence-corrected chi connectivity index (χ0v) is 14.9. The van der Waals surface area contributed by atoms with E-state index in [1.807, 2.05) is 17.0 Å². The van der Waals surface area contributed by atoms with Crippen molar-refractivity contribution < 1.29 is 14.1 Å². The highest BCUT2D eigenvalue weighted by atomic mass is 35.5. The molecule has 1 fully saturated rings. The molecular weight excluding hydrogens is 361 g/mol. The van der Waals surface area contributed by atoms with Crippen LogP contribution in [0.15, 0.2) is 42.5 Å². The summed E-state index contributed by atoms with van der Waals surface area (Å²) >= 11 is 5.84. The molecule has 0 N–H and O–H groups in total. The summed E-state index contributed by atoms with van der Waals surface area (Å²) in [5, 5.41) is 11.8. The lowest BCUT2D eigenvalue weighted by molar-refractivity contribution is -0.384. The van der Waals surface area contributed by atoms with Gasteiger partial charge in [0.05, 0.1) is 11.0 Å². The second kappa shape index (κ2) is 8.33. The van der Waals surface area contributed by atoms with Crippen LogP contribution in [0.4, 0.5) is 15.8 Å². The van der Waals surface area contributed by atoms with E-state index in [9.17, 15) is 14.5 Å². The van der Waals surface area contributed by atoms with Crippen molar-refractivity contribution in [3.8, 4) is 5.75 Å². The van der Waals surface area contributed by atoms with E-state index in [1.165, 1.54) is 12.1 Å². The fourth-order valence-electron chi connectivity index (χ4n) is 2.95. The predicted molar refractivity (Wildman–Crippen MR) is 98.7 cm³/mol. The number of hydrogen-bond donors (Lipinski definition) is 0. The lowest BCUT2D eigenvalue weighted by atomic mass is 10.2. The minimum absolute atomic E-state index is 0.190. The maximum absolute atomic E-state index is 13.3. The topological polar surface area (TPSA) is 58.9 Å². The molecule has 6 nitrogen and oxygen atoms in total. The summed E-state index contributed by atoms with van der Waals surface area (Å²) in [5.41, 5.74) is 0.276. The normalized spacial score (nSPS) is 15.1. The van der Waals surface area contributed by atoms with Crippen LogP contribution in [0, 0.1) is 15.9 Å². The quantitative estimate of drug-likeness (QED) is 0.567. The number of rotatable bonds is 6. The Balaban J connectivity index is 1.50. The fourth-order valence-corrected chi connectivity index (χ4v) is 3.07. The van der Waals surface area contributed by atoms with Gasteiger partial charge in [-0.3, -0.25) is 15.0 Å². The number of nitrogens with zero attached hydrogens (tertiary/aromatic N) is 3. The molecule has 1 aliphatic rings. The van der Waals surface area contributed by atoms with Crippen LogP contribution in [0.5, 0.6) is 5.75 Å². The summed E-state index contributed by atoms with van der Waals surface area (Å²) < 4.78 is 19.0. The van der Waals surface area contributed by atoms with Gasteiger partial charge in [0.15, 0.2) is 0 Å². The van der Waals surface area contributed by atoms with Crippen molar-refractivity contribution in [3.05, 3.63) is 63.4 Å². The molecule has 0 radical (unpaired) electrons. The minimum Gasteiger partial charge on any atom is -0.492 e. The summed E-state index contributed by atoms with van der Waals surface area (Å²) in [6.07, 6.45) is 0. The Labute approximate surface area is 155 Å². The Kier molecular flexibility index (Phi) is 5.90. The van der Waals surface area contributed by atoms with E-state index in [0.717, 1.165) is 31.5 Å². The molecule has 0 bridgehead atoms. The van der Waals surface area contributed by atoms with Gasteiger partial charge in [0.2, 0.25) is 0 Å². The number of benzene rings is 2. The standard InChI is InChI=1S/C18H19ClFN3O3/c19-14-1-4-16(5-2-14)26-12-11-21-7-9-22(10-8-21)17-6-3-15(20)13-18(17)23(24)25/h1-6,13H,7-12H2. The van der Waals surface area contributed by atoms with E-state index in [-0.39, 0.29) is 5.69 Å². The highest BCUT2D eigenvalue weighted by Gasteiger charge is 2.24. The molecule has 0 unspecified atom stereocenters. The first-order valence-corrected chi connectivity index (χ1v) is 8.70. The van der Waals surface area contributed by atoms with Crippen LogP contribution in [-0.4, -0.2) is 49.2 Å². The SMILES string of the molecule is O=[N+]([O-])c1cc(F)ccc1N1CCN(CCOc2ccc(Cl)cc2)CC1. The lowest BCUT2D eigenvalue weighted by Gasteiger charge is -2.35. The highest BCUT2D eigenvalue weighted by molar-refractivity contribution is 6.30. The maximum Gasteiger partial charge on any atom is 0.295 e. The number of nitro groups is 1. The highest BCUT2D eigenvalue weighted by Crippen LogP contribution is 2.29. The Morgan fingerprint density at radius 2 is 1.81 bits per heavy atom. The van der Waals surface area contributed by atoms with Crippen molar-refractivity contribution in [1.82, 2.24) is 4.90 Å². The fraction of sp³-hybridized carbons (Fsp3) is 0.333. The van der Waals surface area contributed by atoms with Crippen molar-refractivity contribution in [2.45, 2.75) is 0 Å². The van der Waals surface area contributed by atoms with Gasteiger partial charge in [0.1, 0.15) is 23.9 Å². The van der Waals surface area contributed by atoms with Gasteiger partial charge in [-0.15, -0.1) is 0 Å². The Morgan fingerprint density at radius 1 is 1.12 bits per heavy atom. The molecular formula is C18H19ClFN3O3. The van der Waals surface area contributed by atoms with Crippen molar-refractivity contribution in [1.29, 1.82) is 0 Å². The van der Waals surface area contributed by atoms with Gasteiger partial charge in [0, 0.05) is 37.7 Å². The molecule has 2 aromatic carbocycles. The number of nitro benzene ring substituents is 1. The molecule has 3 rings (SSSR count).